The standard InChI is InChI=1S/C17H23ClN8/c1-17(2,3)12-8-20-23-26(12)16-22-21-14-10-6-4-5-7-11(10)24-13(25(14)16)9-19-15(24)18/h8-11,14,21H,4-7H2,1-3H3. The SMILES string of the molecule is CC(C)(C)c1cnnn1C1=NNC2C3CCCCC3n3c(cnc3Cl)N12. The Bertz CT molecular complexity index is 876. The van der Waals surface area contributed by atoms with Gasteiger partial charge in [0.2, 0.25) is 5.28 Å². The lowest BCUT2D eigenvalue weighted by Gasteiger charge is -2.45. The van der Waals surface area contributed by atoms with Gasteiger partial charge < -0.3 is 0 Å². The molecule has 9 heteroatoms. The first-order valence-corrected chi connectivity index (χ1v) is 9.61. The summed E-state index contributed by atoms with van der Waals surface area (Å²) in [6, 6.07) is 0.370. The van der Waals surface area contributed by atoms with Crippen LogP contribution in [0.4, 0.5) is 5.82 Å². The maximum Gasteiger partial charge on any atom is 0.252 e. The number of hydrazone groups is 1. The van der Waals surface area contributed by atoms with Crippen LogP contribution in [0.15, 0.2) is 17.5 Å². The average Bonchev–Trinajstić information content (AvgIpc) is 3.31. The van der Waals surface area contributed by atoms with Crippen LogP contribution >= 0.6 is 11.6 Å². The van der Waals surface area contributed by atoms with E-state index < -0.39 is 0 Å². The molecule has 8 nitrogen and oxygen atoms in total. The molecular weight excluding hydrogens is 352 g/mol. The molecule has 3 unspecified atom stereocenters. The zero-order valence-corrected chi connectivity index (χ0v) is 16.0. The Hall–Kier alpha value is -2.09. The molecule has 5 rings (SSSR count). The maximum atomic E-state index is 6.47. The molecule has 138 valence electrons. The van der Waals surface area contributed by atoms with Crippen molar-refractivity contribution in [1.29, 1.82) is 0 Å². The third-order valence-corrected chi connectivity index (χ3v) is 6.08. The molecule has 1 aliphatic carbocycles. The molecule has 4 heterocycles. The van der Waals surface area contributed by atoms with Crippen LogP contribution in [-0.4, -0.2) is 36.7 Å². The van der Waals surface area contributed by atoms with Crippen LogP contribution in [0.2, 0.25) is 5.28 Å². The van der Waals surface area contributed by atoms with Gasteiger partial charge in [-0.15, -0.1) is 10.2 Å². The van der Waals surface area contributed by atoms with E-state index in [9.17, 15) is 0 Å². The second kappa shape index (κ2) is 5.45. The van der Waals surface area contributed by atoms with Gasteiger partial charge in [0.25, 0.3) is 5.96 Å². The van der Waals surface area contributed by atoms with Gasteiger partial charge in [-0.25, -0.2) is 4.98 Å². The molecule has 26 heavy (non-hydrogen) atoms. The molecule has 0 amide bonds. The van der Waals surface area contributed by atoms with Crippen molar-refractivity contribution in [2.45, 2.75) is 64.1 Å². The van der Waals surface area contributed by atoms with E-state index in [0.29, 0.717) is 17.2 Å². The van der Waals surface area contributed by atoms with Gasteiger partial charge in [-0.05, 0) is 24.4 Å². The molecule has 1 N–H and O–H groups in total. The van der Waals surface area contributed by atoms with Crippen molar-refractivity contribution < 1.29 is 0 Å². The number of fused-ring (bicyclic) bond motifs is 6. The molecule has 2 aromatic rings. The van der Waals surface area contributed by atoms with E-state index >= 15 is 0 Å². The Kier molecular flexibility index (Phi) is 3.38. The topological polar surface area (TPSA) is 76.2 Å². The van der Waals surface area contributed by atoms with Crippen molar-refractivity contribution in [1.82, 2.24) is 30.0 Å². The van der Waals surface area contributed by atoms with Crippen LogP contribution in [0.5, 0.6) is 0 Å². The van der Waals surface area contributed by atoms with E-state index in [1.165, 1.54) is 12.8 Å². The van der Waals surface area contributed by atoms with Crippen molar-refractivity contribution in [3.63, 3.8) is 0 Å². The first-order chi connectivity index (χ1) is 12.5. The monoisotopic (exact) mass is 374 g/mol. The van der Waals surface area contributed by atoms with E-state index in [2.05, 4.69) is 56.1 Å². The number of imidazole rings is 1. The number of aromatic nitrogens is 5. The van der Waals surface area contributed by atoms with Gasteiger partial charge in [0.1, 0.15) is 12.0 Å². The summed E-state index contributed by atoms with van der Waals surface area (Å²) in [7, 11) is 0. The third-order valence-electron chi connectivity index (χ3n) is 5.80. The molecule has 0 bridgehead atoms. The predicted molar refractivity (Wildman–Crippen MR) is 99.2 cm³/mol. The number of hydrogen-bond donors (Lipinski definition) is 1. The number of halogens is 1. The highest BCUT2D eigenvalue weighted by Crippen LogP contribution is 2.46. The lowest BCUT2D eigenvalue weighted by Crippen LogP contribution is -2.55. The van der Waals surface area contributed by atoms with E-state index in [0.717, 1.165) is 30.3 Å². The van der Waals surface area contributed by atoms with Crippen molar-refractivity contribution in [2.75, 3.05) is 4.90 Å². The molecule has 1 saturated carbocycles. The fourth-order valence-electron chi connectivity index (χ4n) is 4.58. The quantitative estimate of drug-likeness (QED) is 0.767. The summed E-state index contributed by atoms with van der Waals surface area (Å²) >= 11 is 6.47. The fourth-order valence-corrected chi connectivity index (χ4v) is 4.84. The largest absolute Gasteiger partial charge is 0.298 e. The number of hydrogen-bond acceptors (Lipinski definition) is 6. The first-order valence-electron chi connectivity index (χ1n) is 9.23. The van der Waals surface area contributed by atoms with Crippen molar-refractivity contribution in [3.05, 3.63) is 23.4 Å². The highest BCUT2D eigenvalue weighted by Gasteiger charge is 2.48. The van der Waals surface area contributed by atoms with Gasteiger partial charge in [-0.3, -0.25) is 14.9 Å². The summed E-state index contributed by atoms with van der Waals surface area (Å²) in [6.45, 7) is 6.45. The van der Waals surface area contributed by atoms with Gasteiger partial charge in [0.05, 0.1) is 18.1 Å². The van der Waals surface area contributed by atoms with Gasteiger partial charge in [0, 0.05) is 17.4 Å². The first kappa shape index (κ1) is 16.1. The van der Waals surface area contributed by atoms with Crippen molar-refractivity contribution in [3.8, 4) is 0 Å². The molecule has 2 aromatic heterocycles. The molecule has 0 radical (unpaired) electrons. The van der Waals surface area contributed by atoms with Crippen LogP contribution in [0, 0.1) is 5.92 Å². The molecule has 3 aliphatic rings. The van der Waals surface area contributed by atoms with Gasteiger partial charge >= 0.3 is 0 Å². The Morgan fingerprint density at radius 1 is 1.19 bits per heavy atom. The molecular formula is C17H23ClN8. The summed E-state index contributed by atoms with van der Waals surface area (Å²) in [5.41, 5.74) is 4.29. The van der Waals surface area contributed by atoms with Gasteiger partial charge in [0.15, 0.2) is 0 Å². The molecule has 3 atom stereocenters. The van der Waals surface area contributed by atoms with E-state index in [-0.39, 0.29) is 11.6 Å². The summed E-state index contributed by atoms with van der Waals surface area (Å²) in [5, 5.41) is 13.7. The Balaban J connectivity index is 1.63. The van der Waals surface area contributed by atoms with Crippen molar-refractivity contribution >= 4 is 23.4 Å². The Morgan fingerprint density at radius 3 is 2.81 bits per heavy atom. The molecule has 0 aromatic carbocycles. The normalized spacial score (nSPS) is 27.5. The number of nitrogens with one attached hydrogen (secondary N) is 1. The van der Waals surface area contributed by atoms with E-state index in [4.69, 9.17) is 11.6 Å². The minimum absolute atomic E-state index is 0.0921. The number of rotatable bonds is 0. The summed E-state index contributed by atoms with van der Waals surface area (Å²) in [6.07, 6.45) is 8.51. The molecule has 0 saturated heterocycles. The van der Waals surface area contributed by atoms with Crippen LogP contribution in [0.1, 0.15) is 58.2 Å². The summed E-state index contributed by atoms with van der Waals surface area (Å²) in [4.78, 5) is 6.59. The zero-order valence-electron chi connectivity index (χ0n) is 15.2. The van der Waals surface area contributed by atoms with E-state index in [1.807, 2.05) is 17.1 Å². The van der Waals surface area contributed by atoms with Crippen LogP contribution in [-0.2, 0) is 5.41 Å². The Labute approximate surface area is 157 Å². The summed E-state index contributed by atoms with van der Waals surface area (Å²) in [5.74, 6) is 2.15. The fraction of sp³-hybridized carbons (Fsp3) is 0.647. The van der Waals surface area contributed by atoms with Crippen LogP contribution in [0.3, 0.4) is 0 Å². The molecule has 1 fully saturated rings. The Morgan fingerprint density at radius 2 is 2.00 bits per heavy atom. The summed E-state index contributed by atoms with van der Waals surface area (Å²) < 4.78 is 4.01. The lowest BCUT2D eigenvalue weighted by molar-refractivity contribution is 0.176. The minimum Gasteiger partial charge on any atom is -0.298 e. The number of anilines is 1. The smallest absolute Gasteiger partial charge is 0.252 e. The minimum atomic E-state index is -0.0921. The van der Waals surface area contributed by atoms with Crippen LogP contribution < -0.4 is 10.3 Å². The van der Waals surface area contributed by atoms with Crippen LogP contribution in [0.25, 0.3) is 0 Å². The zero-order chi connectivity index (χ0) is 18.1. The highest BCUT2D eigenvalue weighted by molar-refractivity contribution is 6.28. The molecule has 2 aliphatic heterocycles. The lowest BCUT2D eigenvalue weighted by atomic mass is 9.80. The molecule has 0 spiro atoms. The maximum absolute atomic E-state index is 6.47. The third kappa shape index (κ3) is 2.14. The van der Waals surface area contributed by atoms with Gasteiger partial charge in [-0.1, -0.05) is 38.8 Å². The van der Waals surface area contributed by atoms with Crippen molar-refractivity contribution in [2.24, 2.45) is 11.0 Å². The average molecular weight is 375 g/mol. The van der Waals surface area contributed by atoms with E-state index in [1.54, 1.807) is 0 Å². The predicted octanol–water partition coefficient (Wildman–Crippen LogP) is 2.73. The highest BCUT2D eigenvalue weighted by atomic mass is 35.5. The second-order valence-electron chi connectivity index (χ2n) is 8.41. The second-order valence-corrected chi connectivity index (χ2v) is 8.75. The van der Waals surface area contributed by atoms with Gasteiger partial charge in [-0.2, -0.15) is 4.68 Å². The number of nitrogens with zero attached hydrogens (tertiary/aromatic N) is 7.